The van der Waals surface area contributed by atoms with E-state index in [1.807, 2.05) is 6.07 Å². The Bertz CT molecular complexity index is 449. The summed E-state index contributed by atoms with van der Waals surface area (Å²) >= 11 is 0. The van der Waals surface area contributed by atoms with E-state index in [9.17, 15) is 9.59 Å². The highest BCUT2D eigenvalue weighted by molar-refractivity contribution is 5.92. The molecule has 0 aliphatic carbocycles. The Hall–Kier alpha value is -2.11. The molecular formula is C14H22N4O2. The number of aromatic nitrogens is 1. The van der Waals surface area contributed by atoms with Gasteiger partial charge in [-0.15, -0.1) is 0 Å². The molecule has 0 unspecified atom stereocenters. The first-order chi connectivity index (χ1) is 9.63. The van der Waals surface area contributed by atoms with Gasteiger partial charge in [-0.3, -0.25) is 9.59 Å². The number of primary amides is 1. The Morgan fingerprint density at radius 2 is 2.05 bits per heavy atom. The number of nitrogens with two attached hydrogens (primary N) is 1. The van der Waals surface area contributed by atoms with Crippen molar-refractivity contribution in [1.29, 1.82) is 0 Å². The van der Waals surface area contributed by atoms with E-state index in [4.69, 9.17) is 5.73 Å². The lowest BCUT2D eigenvalue weighted by Crippen LogP contribution is -2.25. The van der Waals surface area contributed by atoms with Crippen LogP contribution in [-0.2, 0) is 4.79 Å². The minimum absolute atomic E-state index is 0.204. The van der Waals surface area contributed by atoms with Crippen LogP contribution in [0.4, 0.5) is 5.82 Å². The Morgan fingerprint density at radius 1 is 1.25 bits per heavy atom. The monoisotopic (exact) mass is 278 g/mol. The zero-order valence-electron chi connectivity index (χ0n) is 11.8. The Balaban J connectivity index is 2.37. The number of hydrogen-bond acceptors (Lipinski definition) is 4. The molecule has 4 N–H and O–H groups in total. The number of nitrogens with zero attached hydrogens (tertiary/aromatic N) is 1. The summed E-state index contributed by atoms with van der Waals surface area (Å²) in [5.41, 5.74) is 5.43. The number of rotatable bonds is 9. The predicted octanol–water partition coefficient (Wildman–Crippen LogP) is 1.29. The lowest BCUT2D eigenvalue weighted by atomic mass is 10.2. The van der Waals surface area contributed by atoms with Crippen molar-refractivity contribution in [1.82, 2.24) is 10.3 Å². The van der Waals surface area contributed by atoms with Crippen LogP contribution < -0.4 is 16.4 Å². The molecule has 0 bridgehead atoms. The van der Waals surface area contributed by atoms with E-state index >= 15 is 0 Å². The topological polar surface area (TPSA) is 97.1 Å². The van der Waals surface area contributed by atoms with Gasteiger partial charge in [-0.2, -0.15) is 0 Å². The van der Waals surface area contributed by atoms with E-state index in [2.05, 4.69) is 22.5 Å². The normalized spacial score (nSPS) is 10.1. The molecule has 6 nitrogen and oxygen atoms in total. The summed E-state index contributed by atoms with van der Waals surface area (Å²) in [5, 5.41) is 5.91. The molecule has 1 aromatic heterocycles. The molecule has 0 saturated heterocycles. The van der Waals surface area contributed by atoms with Gasteiger partial charge < -0.3 is 16.4 Å². The van der Waals surface area contributed by atoms with Crippen molar-refractivity contribution in [2.45, 2.75) is 32.6 Å². The fraction of sp³-hybridized carbons (Fsp3) is 0.500. The van der Waals surface area contributed by atoms with Gasteiger partial charge in [0.15, 0.2) is 0 Å². The quantitative estimate of drug-likeness (QED) is 0.593. The van der Waals surface area contributed by atoms with Crippen molar-refractivity contribution in [3.05, 3.63) is 23.9 Å². The van der Waals surface area contributed by atoms with E-state index in [1.165, 1.54) is 0 Å². The Labute approximate surface area is 119 Å². The number of carbonyl (C=O) groups is 2. The largest absolute Gasteiger partial charge is 0.370 e. The molecule has 0 radical (unpaired) electrons. The number of carbonyl (C=O) groups excluding carboxylic acids is 2. The van der Waals surface area contributed by atoms with Gasteiger partial charge in [0, 0.05) is 19.5 Å². The van der Waals surface area contributed by atoms with Crippen molar-refractivity contribution >= 4 is 17.6 Å². The third kappa shape index (κ3) is 6.17. The molecule has 6 heteroatoms. The molecule has 1 rings (SSSR count). The van der Waals surface area contributed by atoms with Crippen LogP contribution in [-0.4, -0.2) is 29.9 Å². The van der Waals surface area contributed by atoms with Gasteiger partial charge in [-0.25, -0.2) is 4.98 Å². The first-order valence-corrected chi connectivity index (χ1v) is 6.91. The Morgan fingerprint density at radius 3 is 2.75 bits per heavy atom. The fourth-order valence-corrected chi connectivity index (χ4v) is 1.63. The van der Waals surface area contributed by atoms with E-state index in [0.29, 0.717) is 30.9 Å². The maximum absolute atomic E-state index is 11.9. The summed E-state index contributed by atoms with van der Waals surface area (Å²) in [4.78, 5) is 26.7. The maximum Gasteiger partial charge on any atom is 0.269 e. The minimum Gasteiger partial charge on any atom is -0.370 e. The third-order valence-corrected chi connectivity index (χ3v) is 2.67. The zero-order valence-corrected chi connectivity index (χ0v) is 11.8. The number of anilines is 1. The SMILES string of the molecule is CCCNc1cccc(C(=O)NCCCCC(N)=O)n1. The lowest BCUT2D eigenvalue weighted by molar-refractivity contribution is -0.118. The average molecular weight is 278 g/mol. The van der Waals surface area contributed by atoms with Gasteiger partial charge >= 0.3 is 0 Å². The molecule has 0 atom stereocenters. The van der Waals surface area contributed by atoms with E-state index in [-0.39, 0.29) is 11.8 Å². The number of amides is 2. The van der Waals surface area contributed by atoms with Crippen molar-refractivity contribution in [3.63, 3.8) is 0 Å². The maximum atomic E-state index is 11.9. The number of nitrogens with one attached hydrogen (secondary N) is 2. The summed E-state index contributed by atoms with van der Waals surface area (Å²) in [6.45, 7) is 3.40. The first kappa shape index (κ1) is 15.9. The van der Waals surface area contributed by atoms with Crippen molar-refractivity contribution in [2.24, 2.45) is 5.73 Å². The highest BCUT2D eigenvalue weighted by Crippen LogP contribution is 2.05. The van der Waals surface area contributed by atoms with Crippen LogP contribution in [0.1, 0.15) is 43.1 Å². The van der Waals surface area contributed by atoms with Crippen LogP contribution in [0.5, 0.6) is 0 Å². The van der Waals surface area contributed by atoms with Gasteiger partial charge in [0.25, 0.3) is 5.91 Å². The molecule has 2 amide bonds. The Kier molecular flexibility index (Phi) is 7.10. The molecule has 110 valence electrons. The molecule has 0 fully saturated rings. The van der Waals surface area contributed by atoms with Crippen LogP contribution >= 0.6 is 0 Å². The highest BCUT2D eigenvalue weighted by Gasteiger charge is 2.07. The van der Waals surface area contributed by atoms with Gasteiger partial charge in [-0.1, -0.05) is 13.0 Å². The third-order valence-electron chi connectivity index (χ3n) is 2.67. The van der Waals surface area contributed by atoms with Crippen LogP contribution in [0.2, 0.25) is 0 Å². The highest BCUT2D eigenvalue weighted by atomic mass is 16.2. The molecule has 1 aromatic rings. The zero-order chi connectivity index (χ0) is 14.8. The van der Waals surface area contributed by atoms with Crippen LogP contribution in [0, 0.1) is 0 Å². The fourth-order valence-electron chi connectivity index (χ4n) is 1.63. The number of unbranched alkanes of at least 4 members (excludes halogenated alkanes) is 1. The van der Waals surface area contributed by atoms with Crippen molar-refractivity contribution < 1.29 is 9.59 Å². The standard InChI is InChI=1S/C14H22N4O2/c1-2-9-16-13-8-5-6-11(18-13)14(20)17-10-4-3-7-12(15)19/h5-6,8H,2-4,7,9-10H2,1H3,(H2,15,19)(H,16,18)(H,17,20). The number of hydrogen-bond donors (Lipinski definition) is 3. The summed E-state index contributed by atoms with van der Waals surface area (Å²) < 4.78 is 0. The van der Waals surface area contributed by atoms with E-state index < -0.39 is 0 Å². The molecule has 0 aliphatic rings. The second-order valence-corrected chi connectivity index (χ2v) is 4.51. The predicted molar refractivity (Wildman–Crippen MR) is 78.4 cm³/mol. The number of pyridine rings is 1. The lowest BCUT2D eigenvalue weighted by Gasteiger charge is -2.07. The van der Waals surface area contributed by atoms with Crippen molar-refractivity contribution in [2.75, 3.05) is 18.4 Å². The smallest absolute Gasteiger partial charge is 0.269 e. The van der Waals surface area contributed by atoms with Crippen LogP contribution in [0.3, 0.4) is 0 Å². The van der Waals surface area contributed by atoms with E-state index in [0.717, 1.165) is 19.4 Å². The van der Waals surface area contributed by atoms with Crippen molar-refractivity contribution in [3.8, 4) is 0 Å². The summed E-state index contributed by atoms with van der Waals surface area (Å²) in [6, 6.07) is 5.31. The summed E-state index contributed by atoms with van der Waals surface area (Å²) in [7, 11) is 0. The molecule has 0 saturated carbocycles. The summed E-state index contributed by atoms with van der Waals surface area (Å²) in [6.07, 6.45) is 2.76. The van der Waals surface area contributed by atoms with Gasteiger partial charge in [-0.05, 0) is 31.4 Å². The van der Waals surface area contributed by atoms with Crippen LogP contribution in [0.25, 0.3) is 0 Å². The molecule has 0 aliphatic heterocycles. The minimum atomic E-state index is -0.312. The molecule has 1 heterocycles. The van der Waals surface area contributed by atoms with E-state index in [1.54, 1.807) is 12.1 Å². The first-order valence-electron chi connectivity index (χ1n) is 6.91. The molecular weight excluding hydrogens is 256 g/mol. The van der Waals surface area contributed by atoms with Gasteiger partial charge in [0.05, 0.1) is 0 Å². The van der Waals surface area contributed by atoms with Gasteiger partial charge in [0.2, 0.25) is 5.91 Å². The average Bonchev–Trinajstić information content (AvgIpc) is 2.44. The molecule has 0 aromatic carbocycles. The summed E-state index contributed by atoms with van der Waals surface area (Å²) in [5.74, 6) is 0.185. The van der Waals surface area contributed by atoms with Crippen LogP contribution in [0.15, 0.2) is 18.2 Å². The second-order valence-electron chi connectivity index (χ2n) is 4.51. The molecule has 20 heavy (non-hydrogen) atoms. The van der Waals surface area contributed by atoms with Gasteiger partial charge in [0.1, 0.15) is 11.5 Å². The second kappa shape index (κ2) is 8.90. The molecule has 0 spiro atoms.